The maximum absolute atomic E-state index is 8.62. The van der Waals surface area contributed by atoms with Crippen LogP contribution in [0.15, 0.2) is 22.7 Å². The van der Waals surface area contributed by atoms with Gasteiger partial charge in [0.2, 0.25) is 0 Å². The van der Waals surface area contributed by atoms with Crippen LogP contribution in [0.5, 0.6) is 0 Å². The Morgan fingerprint density at radius 2 is 2.39 bits per heavy atom. The molecule has 18 heavy (non-hydrogen) atoms. The third-order valence-corrected chi connectivity index (χ3v) is 4.29. The van der Waals surface area contributed by atoms with Crippen molar-refractivity contribution in [2.75, 3.05) is 24.5 Å². The van der Waals surface area contributed by atoms with Crippen LogP contribution in [0.4, 0.5) is 5.69 Å². The predicted octanol–water partition coefficient (Wildman–Crippen LogP) is 2.84. The molecule has 1 heterocycles. The molecule has 0 aliphatic carbocycles. The summed E-state index contributed by atoms with van der Waals surface area (Å²) in [6, 6.07) is 9.07. The van der Waals surface area contributed by atoms with E-state index in [2.05, 4.69) is 57.3 Å². The molecule has 0 bridgehead atoms. The van der Waals surface area contributed by atoms with E-state index in [0.29, 0.717) is 12.6 Å². The average molecular weight is 308 g/mol. The first-order chi connectivity index (χ1) is 8.70. The summed E-state index contributed by atoms with van der Waals surface area (Å²) >= 11 is 3.53. The Morgan fingerprint density at radius 3 is 3.11 bits per heavy atom. The third kappa shape index (κ3) is 3.24. The van der Waals surface area contributed by atoms with Crippen molar-refractivity contribution in [3.63, 3.8) is 0 Å². The topological polar surface area (TPSA) is 39.1 Å². The van der Waals surface area contributed by atoms with Gasteiger partial charge in [-0.15, -0.1) is 0 Å². The zero-order chi connectivity index (χ0) is 13.0. The number of rotatable bonds is 3. The van der Waals surface area contributed by atoms with Crippen molar-refractivity contribution in [2.24, 2.45) is 0 Å². The summed E-state index contributed by atoms with van der Waals surface area (Å²) in [5.74, 6) is 0. The van der Waals surface area contributed by atoms with Gasteiger partial charge >= 0.3 is 0 Å². The number of nitrogens with zero attached hydrogens (tertiary/aromatic N) is 2. The lowest BCUT2D eigenvalue weighted by Crippen LogP contribution is -2.45. The first kappa shape index (κ1) is 13.4. The van der Waals surface area contributed by atoms with Gasteiger partial charge in [0.1, 0.15) is 0 Å². The van der Waals surface area contributed by atoms with Crippen molar-refractivity contribution in [3.8, 4) is 6.07 Å². The van der Waals surface area contributed by atoms with E-state index in [4.69, 9.17) is 5.26 Å². The second-order valence-electron chi connectivity index (χ2n) is 4.76. The first-order valence-corrected chi connectivity index (χ1v) is 7.11. The second kappa shape index (κ2) is 6.21. The molecule has 96 valence electrons. The monoisotopic (exact) mass is 307 g/mol. The van der Waals surface area contributed by atoms with E-state index >= 15 is 0 Å². The van der Waals surface area contributed by atoms with Crippen molar-refractivity contribution in [3.05, 3.63) is 28.2 Å². The molecule has 3 nitrogen and oxygen atoms in total. The molecule has 1 aliphatic rings. The van der Waals surface area contributed by atoms with Gasteiger partial charge in [-0.25, -0.2) is 0 Å². The quantitative estimate of drug-likeness (QED) is 0.873. The van der Waals surface area contributed by atoms with Gasteiger partial charge in [0.25, 0.3) is 0 Å². The molecule has 0 aromatic heterocycles. The van der Waals surface area contributed by atoms with Gasteiger partial charge in [0.05, 0.1) is 12.6 Å². The van der Waals surface area contributed by atoms with Crippen LogP contribution in [-0.2, 0) is 0 Å². The largest absolute Gasteiger partial charge is 0.370 e. The van der Waals surface area contributed by atoms with Crippen LogP contribution in [0.25, 0.3) is 0 Å². The summed E-state index contributed by atoms with van der Waals surface area (Å²) in [5, 5.41) is 11.9. The van der Waals surface area contributed by atoms with Crippen LogP contribution in [0.1, 0.15) is 18.4 Å². The molecule has 0 amide bonds. The average Bonchev–Trinajstić information content (AvgIpc) is 2.40. The zero-order valence-electron chi connectivity index (χ0n) is 10.6. The lowest BCUT2D eigenvalue weighted by molar-refractivity contribution is 0.439. The first-order valence-electron chi connectivity index (χ1n) is 6.32. The standard InChI is InChI=1S/C14H18BrN3/c1-11-9-13(4-5-14(11)15)18-8-2-3-12(10-18)17-7-6-16/h4-5,9,12,17H,2-3,7-8,10H2,1H3. The normalized spacial score (nSPS) is 19.6. The maximum Gasteiger partial charge on any atom is 0.0843 e. The van der Waals surface area contributed by atoms with Crippen molar-refractivity contribution >= 4 is 21.6 Å². The molecule has 0 radical (unpaired) electrons. The fraction of sp³-hybridized carbons (Fsp3) is 0.500. The van der Waals surface area contributed by atoms with E-state index in [1.54, 1.807) is 0 Å². The van der Waals surface area contributed by atoms with Gasteiger partial charge in [-0.2, -0.15) is 5.26 Å². The minimum absolute atomic E-state index is 0.433. The predicted molar refractivity (Wildman–Crippen MR) is 77.7 cm³/mol. The van der Waals surface area contributed by atoms with Gasteiger partial charge in [-0.05, 0) is 43.5 Å². The summed E-state index contributed by atoms with van der Waals surface area (Å²) < 4.78 is 1.16. The highest BCUT2D eigenvalue weighted by molar-refractivity contribution is 9.10. The highest BCUT2D eigenvalue weighted by Gasteiger charge is 2.19. The molecule has 1 aromatic rings. The fourth-order valence-electron chi connectivity index (χ4n) is 2.39. The number of benzene rings is 1. The molecule has 1 unspecified atom stereocenters. The van der Waals surface area contributed by atoms with Crippen LogP contribution in [-0.4, -0.2) is 25.7 Å². The van der Waals surface area contributed by atoms with Crippen LogP contribution < -0.4 is 10.2 Å². The maximum atomic E-state index is 8.62. The number of hydrogen-bond acceptors (Lipinski definition) is 3. The third-order valence-electron chi connectivity index (χ3n) is 3.40. The van der Waals surface area contributed by atoms with E-state index in [-0.39, 0.29) is 0 Å². The molecule has 4 heteroatoms. The van der Waals surface area contributed by atoms with E-state index in [1.807, 2.05) is 0 Å². The summed E-state index contributed by atoms with van der Waals surface area (Å²) in [6.45, 7) is 4.65. The van der Waals surface area contributed by atoms with E-state index in [9.17, 15) is 0 Å². The van der Waals surface area contributed by atoms with E-state index in [1.165, 1.54) is 17.7 Å². The van der Waals surface area contributed by atoms with Gasteiger partial charge in [-0.1, -0.05) is 15.9 Å². The van der Waals surface area contributed by atoms with Gasteiger partial charge < -0.3 is 4.90 Å². The number of aryl methyl sites for hydroxylation is 1. The fourth-order valence-corrected chi connectivity index (χ4v) is 2.64. The molecule has 0 saturated carbocycles. The van der Waals surface area contributed by atoms with Gasteiger partial charge in [0, 0.05) is 29.3 Å². The summed E-state index contributed by atoms with van der Waals surface area (Å²) in [4.78, 5) is 2.40. The van der Waals surface area contributed by atoms with Crippen molar-refractivity contribution in [1.29, 1.82) is 5.26 Å². The zero-order valence-corrected chi connectivity index (χ0v) is 12.2. The van der Waals surface area contributed by atoms with Crippen molar-refractivity contribution < 1.29 is 0 Å². The number of piperidine rings is 1. The van der Waals surface area contributed by atoms with E-state index in [0.717, 1.165) is 24.0 Å². The number of halogens is 1. The minimum Gasteiger partial charge on any atom is -0.370 e. The molecule has 1 saturated heterocycles. The van der Waals surface area contributed by atoms with Crippen LogP contribution in [0.3, 0.4) is 0 Å². The highest BCUT2D eigenvalue weighted by Crippen LogP contribution is 2.25. The molecule has 1 N–H and O–H groups in total. The minimum atomic E-state index is 0.433. The molecule has 1 atom stereocenters. The lowest BCUT2D eigenvalue weighted by atomic mass is 10.0. The Hall–Kier alpha value is -1.05. The molecule has 1 aliphatic heterocycles. The Balaban J connectivity index is 2.04. The number of nitrogens with one attached hydrogen (secondary N) is 1. The SMILES string of the molecule is Cc1cc(N2CCCC(NCC#N)C2)ccc1Br. The smallest absolute Gasteiger partial charge is 0.0843 e. The summed E-state index contributed by atoms with van der Waals surface area (Å²) in [7, 11) is 0. The molecular formula is C14H18BrN3. The highest BCUT2D eigenvalue weighted by atomic mass is 79.9. The van der Waals surface area contributed by atoms with Crippen molar-refractivity contribution in [1.82, 2.24) is 5.32 Å². The van der Waals surface area contributed by atoms with Crippen LogP contribution in [0, 0.1) is 18.3 Å². The van der Waals surface area contributed by atoms with Crippen LogP contribution in [0.2, 0.25) is 0 Å². The Kier molecular flexibility index (Phi) is 4.62. The van der Waals surface area contributed by atoms with Crippen LogP contribution >= 0.6 is 15.9 Å². The molecule has 2 rings (SSSR count). The second-order valence-corrected chi connectivity index (χ2v) is 5.61. The summed E-state index contributed by atoms with van der Waals surface area (Å²) in [6.07, 6.45) is 2.34. The van der Waals surface area contributed by atoms with Gasteiger partial charge in [0.15, 0.2) is 0 Å². The molecular weight excluding hydrogens is 290 g/mol. The number of nitriles is 1. The molecule has 1 fully saturated rings. The lowest BCUT2D eigenvalue weighted by Gasteiger charge is -2.34. The van der Waals surface area contributed by atoms with Crippen molar-refractivity contribution in [2.45, 2.75) is 25.8 Å². The number of anilines is 1. The Labute approximate surface area is 117 Å². The molecule has 1 aromatic carbocycles. The van der Waals surface area contributed by atoms with E-state index < -0.39 is 0 Å². The molecule has 0 spiro atoms. The number of hydrogen-bond donors (Lipinski definition) is 1. The Morgan fingerprint density at radius 1 is 1.56 bits per heavy atom. The Bertz CT molecular complexity index is 453. The van der Waals surface area contributed by atoms with Gasteiger partial charge in [-0.3, -0.25) is 5.32 Å². The summed E-state index contributed by atoms with van der Waals surface area (Å²) in [5.41, 5.74) is 2.54.